The van der Waals surface area contributed by atoms with E-state index in [0.29, 0.717) is 0 Å². The van der Waals surface area contributed by atoms with Crippen molar-refractivity contribution in [2.75, 3.05) is 18.0 Å². The zero-order chi connectivity index (χ0) is 17.1. The summed E-state index contributed by atoms with van der Waals surface area (Å²) in [6.07, 6.45) is 13.0. The van der Waals surface area contributed by atoms with Crippen LogP contribution in [0.1, 0.15) is 55.3 Å². The maximum atomic E-state index is 10.0. The molecule has 4 rings (SSSR count). The zero-order valence-corrected chi connectivity index (χ0v) is 14.7. The molecule has 0 spiro atoms. The number of pyridine rings is 2. The van der Waals surface area contributed by atoms with Gasteiger partial charge in [0, 0.05) is 36.7 Å². The fourth-order valence-corrected chi connectivity index (χ4v) is 4.18. The van der Waals surface area contributed by atoms with Crippen LogP contribution >= 0.6 is 0 Å². The molecule has 1 aliphatic carbocycles. The summed E-state index contributed by atoms with van der Waals surface area (Å²) in [5, 5.41) is 10.0. The standard InChI is InChI=1S/C21H24N4/c22-15-18-20(16-9-11-23-12-10-16)17-7-3-1-4-8-19(17)24-21(18)25-13-5-2-6-14-25/h9-12H,1-8,13-14H2. The first kappa shape index (κ1) is 16.1. The molecule has 1 saturated heterocycles. The Morgan fingerprint density at radius 2 is 1.64 bits per heavy atom. The second kappa shape index (κ2) is 7.23. The van der Waals surface area contributed by atoms with E-state index >= 15 is 0 Å². The third-order valence-corrected chi connectivity index (χ3v) is 5.44. The van der Waals surface area contributed by atoms with Crippen molar-refractivity contribution in [1.29, 1.82) is 5.26 Å². The molecule has 0 unspecified atom stereocenters. The van der Waals surface area contributed by atoms with Crippen LogP contribution in [0.2, 0.25) is 0 Å². The van der Waals surface area contributed by atoms with Crippen molar-refractivity contribution in [3.8, 4) is 17.2 Å². The van der Waals surface area contributed by atoms with E-state index in [4.69, 9.17) is 4.98 Å². The second-order valence-electron chi connectivity index (χ2n) is 7.07. The van der Waals surface area contributed by atoms with Crippen molar-refractivity contribution in [2.24, 2.45) is 0 Å². The fraction of sp³-hybridized carbons (Fsp3) is 0.476. The van der Waals surface area contributed by atoms with Gasteiger partial charge in [-0.1, -0.05) is 6.42 Å². The molecule has 1 aliphatic heterocycles. The van der Waals surface area contributed by atoms with Gasteiger partial charge in [-0.2, -0.15) is 5.26 Å². The molecule has 4 heteroatoms. The third-order valence-electron chi connectivity index (χ3n) is 5.44. The van der Waals surface area contributed by atoms with Gasteiger partial charge in [-0.3, -0.25) is 4.98 Å². The molecular weight excluding hydrogens is 308 g/mol. The predicted molar refractivity (Wildman–Crippen MR) is 99.5 cm³/mol. The molecule has 4 nitrogen and oxygen atoms in total. The quantitative estimate of drug-likeness (QED) is 0.771. The first-order chi connectivity index (χ1) is 12.4. The minimum absolute atomic E-state index is 0.758. The molecule has 0 bridgehead atoms. The molecule has 3 heterocycles. The van der Waals surface area contributed by atoms with Crippen LogP contribution in [0, 0.1) is 11.3 Å². The Bertz CT molecular complexity index is 786. The number of anilines is 1. The van der Waals surface area contributed by atoms with Crippen LogP contribution in [0.5, 0.6) is 0 Å². The minimum Gasteiger partial charge on any atom is -0.355 e. The number of nitriles is 1. The lowest BCUT2D eigenvalue weighted by Gasteiger charge is -2.30. The second-order valence-corrected chi connectivity index (χ2v) is 7.07. The van der Waals surface area contributed by atoms with Gasteiger partial charge in [-0.05, 0) is 68.2 Å². The fourth-order valence-electron chi connectivity index (χ4n) is 4.18. The summed E-state index contributed by atoms with van der Waals surface area (Å²) >= 11 is 0. The summed E-state index contributed by atoms with van der Waals surface area (Å²) in [5.74, 6) is 0.912. The molecule has 2 aromatic rings. The lowest BCUT2D eigenvalue weighted by Crippen LogP contribution is -2.31. The highest BCUT2D eigenvalue weighted by Gasteiger charge is 2.25. The highest BCUT2D eigenvalue weighted by Crippen LogP contribution is 2.37. The van der Waals surface area contributed by atoms with Crippen LogP contribution in [0.3, 0.4) is 0 Å². The molecule has 0 amide bonds. The zero-order valence-electron chi connectivity index (χ0n) is 14.7. The van der Waals surface area contributed by atoms with Crippen molar-refractivity contribution < 1.29 is 0 Å². The van der Waals surface area contributed by atoms with Crippen molar-refractivity contribution in [1.82, 2.24) is 9.97 Å². The Morgan fingerprint density at radius 3 is 2.40 bits per heavy atom. The Hall–Kier alpha value is -2.41. The van der Waals surface area contributed by atoms with Gasteiger partial charge < -0.3 is 4.90 Å². The summed E-state index contributed by atoms with van der Waals surface area (Å²) in [5.41, 5.74) is 5.47. The molecule has 0 radical (unpaired) electrons. The van der Waals surface area contributed by atoms with Crippen molar-refractivity contribution in [3.63, 3.8) is 0 Å². The number of rotatable bonds is 2. The summed E-state index contributed by atoms with van der Waals surface area (Å²) in [6, 6.07) is 6.56. The third kappa shape index (κ3) is 3.11. The summed E-state index contributed by atoms with van der Waals surface area (Å²) in [4.78, 5) is 11.5. The number of fused-ring (bicyclic) bond motifs is 1. The molecule has 0 atom stereocenters. The SMILES string of the molecule is N#Cc1c(N2CCCCC2)nc2c(c1-c1ccncc1)CCCCC2. The molecular formula is C21H24N4. The van der Waals surface area contributed by atoms with E-state index < -0.39 is 0 Å². The number of hydrogen-bond donors (Lipinski definition) is 0. The van der Waals surface area contributed by atoms with Gasteiger partial charge in [0.05, 0.1) is 0 Å². The molecule has 1 fully saturated rings. The summed E-state index contributed by atoms with van der Waals surface area (Å²) in [6.45, 7) is 2.02. The molecule has 128 valence electrons. The molecule has 0 saturated carbocycles. The van der Waals surface area contributed by atoms with Gasteiger partial charge in [0.1, 0.15) is 17.5 Å². The maximum absolute atomic E-state index is 10.0. The number of hydrogen-bond acceptors (Lipinski definition) is 4. The summed E-state index contributed by atoms with van der Waals surface area (Å²) in [7, 11) is 0. The van der Waals surface area contributed by atoms with E-state index in [1.54, 1.807) is 0 Å². The molecule has 25 heavy (non-hydrogen) atoms. The summed E-state index contributed by atoms with van der Waals surface area (Å²) < 4.78 is 0. The van der Waals surface area contributed by atoms with E-state index in [9.17, 15) is 5.26 Å². The average molecular weight is 332 g/mol. The van der Waals surface area contributed by atoms with E-state index in [1.807, 2.05) is 24.5 Å². The largest absolute Gasteiger partial charge is 0.355 e. The van der Waals surface area contributed by atoms with Gasteiger partial charge in [0.2, 0.25) is 0 Å². The number of nitrogens with zero attached hydrogens (tertiary/aromatic N) is 4. The van der Waals surface area contributed by atoms with Crippen LogP contribution in [0.4, 0.5) is 5.82 Å². The lowest BCUT2D eigenvalue weighted by molar-refractivity contribution is 0.572. The molecule has 2 aromatic heterocycles. The van der Waals surface area contributed by atoms with Crippen molar-refractivity contribution >= 4 is 5.82 Å². The minimum atomic E-state index is 0.758. The van der Waals surface area contributed by atoms with Crippen molar-refractivity contribution in [2.45, 2.75) is 51.4 Å². The van der Waals surface area contributed by atoms with Crippen LogP contribution in [0.25, 0.3) is 11.1 Å². The van der Waals surface area contributed by atoms with Crippen molar-refractivity contribution in [3.05, 3.63) is 41.3 Å². The molecule has 0 N–H and O–H groups in total. The Morgan fingerprint density at radius 1 is 0.920 bits per heavy atom. The lowest BCUT2D eigenvalue weighted by atomic mass is 9.92. The number of piperidine rings is 1. The van der Waals surface area contributed by atoms with E-state index in [2.05, 4.69) is 16.0 Å². The first-order valence-electron chi connectivity index (χ1n) is 9.49. The van der Waals surface area contributed by atoms with Gasteiger partial charge in [0.15, 0.2) is 0 Å². The highest BCUT2D eigenvalue weighted by molar-refractivity contribution is 5.80. The van der Waals surface area contributed by atoms with E-state index in [1.165, 1.54) is 49.8 Å². The number of aromatic nitrogens is 2. The Kier molecular flexibility index (Phi) is 4.65. The van der Waals surface area contributed by atoms with E-state index in [0.717, 1.165) is 48.4 Å². The van der Waals surface area contributed by atoms with Crippen LogP contribution in [0.15, 0.2) is 24.5 Å². The van der Waals surface area contributed by atoms with Gasteiger partial charge in [-0.25, -0.2) is 4.98 Å². The molecule has 2 aliphatic rings. The maximum Gasteiger partial charge on any atom is 0.147 e. The van der Waals surface area contributed by atoms with E-state index in [-0.39, 0.29) is 0 Å². The number of aryl methyl sites for hydroxylation is 1. The first-order valence-corrected chi connectivity index (χ1v) is 9.49. The van der Waals surface area contributed by atoms with Gasteiger partial charge in [-0.15, -0.1) is 0 Å². The van der Waals surface area contributed by atoms with Crippen LogP contribution in [-0.2, 0) is 12.8 Å². The Balaban J connectivity index is 1.94. The predicted octanol–water partition coefficient (Wildman–Crippen LogP) is 4.27. The smallest absolute Gasteiger partial charge is 0.147 e. The normalized spacial score (nSPS) is 17.5. The highest BCUT2D eigenvalue weighted by atomic mass is 15.2. The van der Waals surface area contributed by atoms with Crippen LogP contribution < -0.4 is 4.90 Å². The van der Waals surface area contributed by atoms with Crippen LogP contribution in [-0.4, -0.2) is 23.1 Å². The van der Waals surface area contributed by atoms with Gasteiger partial charge >= 0.3 is 0 Å². The average Bonchev–Trinajstić information content (AvgIpc) is 2.93. The Labute approximate surface area is 149 Å². The monoisotopic (exact) mass is 332 g/mol. The van der Waals surface area contributed by atoms with Gasteiger partial charge in [0.25, 0.3) is 0 Å². The molecule has 0 aromatic carbocycles. The topological polar surface area (TPSA) is 52.8 Å².